The van der Waals surface area contributed by atoms with Crippen molar-refractivity contribution in [2.45, 2.75) is 13.1 Å². The van der Waals surface area contributed by atoms with E-state index in [1.165, 1.54) is 6.07 Å². The van der Waals surface area contributed by atoms with E-state index in [1.54, 1.807) is 19.2 Å². The highest BCUT2D eigenvalue weighted by Gasteiger charge is 2.32. The molecule has 0 spiro atoms. The molecular weight excluding hydrogens is 231 g/mol. The van der Waals surface area contributed by atoms with Gasteiger partial charge in [0, 0.05) is 18.0 Å². The van der Waals surface area contributed by atoms with E-state index in [0.717, 1.165) is 12.3 Å². The second-order valence-corrected chi connectivity index (χ2v) is 3.42. The van der Waals surface area contributed by atoms with Gasteiger partial charge in [0.15, 0.2) is 0 Å². The quantitative estimate of drug-likeness (QED) is 0.768. The van der Waals surface area contributed by atoms with E-state index in [0.29, 0.717) is 17.1 Å². The largest absolute Gasteiger partial charge is 0.433 e. The monoisotopic (exact) mass is 239 g/mol. The zero-order valence-corrected chi connectivity index (χ0v) is 8.86. The van der Waals surface area contributed by atoms with Gasteiger partial charge in [0.05, 0.1) is 5.69 Å². The van der Waals surface area contributed by atoms with Gasteiger partial charge in [-0.1, -0.05) is 0 Å². The first-order valence-electron chi connectivity index (χ1n) is 4.80. The Kier molecular flexibility index (Phi) is 2.79. The highest BCUT2D eigenvalue weighted by atomic mass is 19.4. The molecule has 6 heteroatoms. The maximum absolute atomic E-state index is 12.3. The van der Waals surface area contributed by atoms with Crippen molar-refractivity contribution >= 4 is 0 Å². The summed E-state index contributed by atoms with van der Waals surface area (Å²) >= 11 is 0. The molecule has 2 heterocycles. The first-order valence-corrected chi connectivity index (χ1v) is 4.80. The summed E-state index contributed by atoms with van der Waals surface area (Å²) in [6.45, 7) is 1.71. The summed E-state index contributed by atoms with van der Waals surface area (Å²) in [7, 11) is 0. The van der Waals surface area contributed by atoms with Gasteiger partial charge in [-0.2, -0.15) is 13.2 Å². The van der Waals surface area contributed by atoms with E-state index >= 15 is 0 Å². The van der Waals surface area contributed by atoms with Crippen LogP contribution >= 0.6 is 0 Å². The highest BCUT2D eigenvalue weighted by molar-refractivity contribution is 5.57. The number of nitrogens with zero attached hydrogens (tertiary/aromatic N) is 3. The Balaban J connectivity index is 2.36. The van der Waals surface area contributed by atoms with Gasteiger partial charge in [-0.25, -0.2) is 9.97 Å². The van der Waals surface area contributed by atoms with E-state index in [4.69, 9.17) is 0 Å². The molecule has 0 amide bonds. The summed E-state index contributed by atoms with van der Waals surface area (Å²) in [6, 6.07) is 3.90. The van der Waals surface area contributed by atoms with Gasteiger partial charge in [-0.05, 0) is 25.1 Å². The van der Waals surface area contributed by atoms with Crippen LogP contribution in [0.2, 0.25) is 0 Å². The number of aromatic nitrogens is 3. The van der Waals surface area contributed by atoms with Crippen molar-refractivity contribution in [3.8, 4) is 11.3 Å². The average Bonchev–Trinajstić information content (AvgIpc) is 2.28. The van der Waals surface area contributed by atoms with Crippen LogP contribution in [-0.4, -0.2) is 15.0 Å². The number of pyridine rings is 1. The van der Waals surface area contributed by atoms with Crippen molar-refractivity contribution < 1.29 is 13.2 Å². The number of halogens is 3. The molecule has 2 rings (SSSR count). The van der Waals surface area contributed by atoms with Crippen molar-refractivity contribution in [1.29, 1.82) is 0 Å². The molecule has 2 aromatic heterocycles. The molecule has 0 N–H and O–H groups in total. The van der Waals surface area contributed by atoms with Crippen LogP contribution < -0.4 is 0 Å². The number of hydrogen-bond acceptors (Lipinski definition) is 3. The van der Waals surface area contributed by atoms with Crippen molar-refractivity contribution in [3.63, 3.8) is 0 Å². The Hall–Kier alpha value is -1.98. The molecule has 2 aromatic rings. The molecule has 0 aromatic carbocycles. The lowest BCUT2D eigenvalue weighted by Gasteiger charge is -2.06. The lowest BCUT2D eigenvalue weighted by molar-refractivity contribution is -0.141. The van der Waals surface area contributed by atoms with Crippen molar-refractivity contribution in [2.75, 3.05) is 0 Å². The van der Waals surface area contributed by atoms with Crippen LogP contribution in [0.1, 0.15) is 11.5 Å². The van der Waals surface area contributed by atoms with Gasteiger partial charge in [-0.3, -0.25) is 4.98 Å². The highest BCUT2D eigenvalue weighted by Crippen LogP contribution is 2.28. The number of aryl methyl sites for hydroxylation is 1. The molecule has 0 aliphatic carbocycles. The third kappa shape index (κ3) is 2.58. The van der Waals surface area contributed by atoms with E-state index < -0.39 is 11.9 Å². The summed E-state index contributed by atoms with van der Waals surface area (Å²) in [5.74, 6) is 0.558. The fourth-order valence-electron chi connectivity index (χ4n) is 1.33. The summed E-state index contributed by atoms with van der Waals surface area (Å²) in [6.07, 6.45) is -1.71. The van der Waals surface area contributed by atoms with E-state index in [2.05, 4.69) is 15.0 Å². The standard InChI is InChI=1S/C11H8F3N3/c1-7-15-5-4-9(17-7)8-2-3-10(16-6-8)11(12,13)14/h2-6H,1H3. The molecule has 0 aliphatic rings. The van der Waals surface area contributed by atoms with Crippen LogP contribution in [0.25, 0.3) is 11.3 Å². The predicted octanol–water partition coefficient (Wildman–Crippen LogP) is 2.87. The smallest absolute Gasteiger partial charge is 0.251 e. The fraction of sp³-hybridized carbons (Fsp3) is 0.182. The fourth-order valence-corrected chi connectivity index (χ4v) is 1.33. The van der Waals surface area contributed by atoms with Gasteiger partial charge < -0.3 is 0 Å². The molecular formula is C11H8F3N3. The maximum atomic E-state index is 12.3. The van der Waals surface area contributed by atoms with Crippen LogP contribution in [0, 0.1) is 6.92 Å². The van der Waals surface area contributed by atoms with Crippen LogP contribution in [-0.2, 0) is 6.18 Å². The Morgan fingerprint density at radius 1 is 1.06 bits per heavy atom. The molecule has 88 valence electrons. The minimum Gasteiger partial charge on any atom is -0.251 e. The lowest BCUT2D eigenvalue weighted by atomic mass is 10.2. The molecule has 17 heavy (non-hydrogen) atoms. The number of rotatable bonds is 1. The van der Waals surface area contributed by atoms with Crippen LogP contribution in [0.5, 0.6) is 0 Å². The van der Waals surface area contributed by atoms with Gasteiger partial charge in [-0.15, -0.1) is 0 Å². The van der Waals surface area contributed by atoms with E-state index in [-0.39, 0.29) is 0 Å². The molecule has 0 atom stereocenters. The topological polar surface area (TPSA) is 38.7 Å². The minimum atomic E-state index is -4.42. The summed E-state index contributed by atoms with van der Waals surface area (Å²) in [5, 5.41) is 0. The number of hydrogen-bond donors (Lipinski definition) is 0. The second-order valence-electron chi connectivity index (χ2n) is 3.42. The zero-order chi connectivity index (χ0) is 12.5. The third-order valence-corrected chi connectivity index (χ3v) is 2.13. The summed E-state index contributed by atoms with van der Waals surface area (Å²) < 4.78 is 36.9. The van der Waals surface area contributed by atoms with Crippen molar-refractivity contribution in [2.24, 2.45) is 0 Å². The summed E-state index contributed by atoms with van der Waals surface area (Å²) in [4.78, 5) is 11.4. The molecule has 0 saturated carbocycles. The Morgan fingerprint density at radius 3 is 2.35 bits per heavy atom. The van der Waals surface area contributed by atoms with Crippen LogP contribution in [0.3, 0.4) is 0 Å². The maximum Gasteiger partial charge on any atom is 0.433 e. The molecule has 0 fully saturated rings. The van der Waals surface area contributed by atoms with Gasteiger partial charge in [0.25, 0.3) is 0 Å². The Bertz CT molecular complexity index is 520. The first kappa shape index (κ1) is 11.5. The van der Waals surface area contributed by atoms with E-state index in [1.807, 2.05) is 0 Å². The van der Waals surface area contributed by atoms with Crippen LogP contribution in [0.15, 0.2) is 30.6 Å². The Labute approximate surface area is 95.4 Å². The molecule has 0 aliphatic heterocycles. The minimum absolute atomic E-state index is 0.531. The van der Waals surface area contributed by atoms with E-state index in [9.17, 15) is 13.2 Å². The zero-order valence-electron chi connectivity index (χ0n) is 8.86. The van der Waals surface area contributed by atoms with Gasteiger partial charge in [0.1, 0.15) is 11.5 Å². The van der Waals surface area contributed by atoms with Crippen LogP contribution in [0.4, 0.5) is 13.2 Å². The molecule has 0 saturated heterocycles. The summed E-state index contributed by atoms with van der Waals surface area (Å²) in [5.41, 5.74) is 0.175. The van der Waals surface area contributed by atoms with Gasteiger partial charge >= 0.3 is 6.18 Å². The molecule has 0 bridgehead atoms. The average molecular weight is 239 g/mol. The SMILES string of the molecule is Cc1nccc(-c2ccc(C(F)(F)F)nc2)n1. The predicted molar refractivity (Wildman–Crippen MR) is 55.0 cm³/mol. The molecule has 3 nitrogen and oxygen atoms in total. The van der Waals surface area contributed by atoms with Crippen molar-refractivity contribution in [3.05, 3.63) is 42.1 Å². The normalized spacial score (nSPS) is 11.5. The first-order chi connectivity index (χ1) is 7.97. The molecule has 0 radical (unpaired) electrons. The van der Waals surface area contributed by atoms with Crippen molar-refractivity contribution in [1.82, 2.24) is 15.0 Å². The number of alkyl halides is 3. The van der Waals surface area contributed by atoms with Gasteiger partial charge in [0.2, 0.25) is 0 Å². The lowest BCUT2D eigenvalue weighted by Crippen LogP contribution is -2.07. The Morgan fingerprint density at radius 2 is 1.82 bits per heavy atom. The third-order valence-electron chi connectivity index (χ3n) is 2.13. The molecule has 0 unspecified atom stereocenters. The second kappa shape index (κ2) is 4.12.